The summed E-state index contributed by atoms with van der Waals surface area (Å²) in [6.45, 7) is 1.85. The van der Waals surface area contributed by atoms with Gasteiger partial charge in [0.25, 0.3) is 0 Å². The fourth-order valence-electron chi connectivity index (χ4n) is 2.06. The van der Waals surface area contributed by atoms with Crippen molar-refractivity contribution in [1.82, 2.24) is 20.2 Å². The Morgan fingerprint density at radius 3 is 2.81 bits per heavy atom. The number of halogens is 2. The van der Waals surface area contributed by atoms with Gasteiger partial charge < -0.3 is 5.73 Å². The summed E-state index contributed by atoms with van der Waals surface area (Å²) >= 11 is 6.11. The first-order valence-corrected chi connectivity index (χ1v) is 6.55. The molecule has 0 saturated heterocycles. The van der Waals surface area contributed by atoms with E-state index in [2.05, 4.69) is 15.5 Å². The molecule has 0 aliphatic carbocycles. The van der Waals surface area contributed by atoms with E-state index in [-0.39, 0.29) is 11.4 Å². The molecule has 0 fully saturated rings. The third-order valence-corrected chi connectivity index (χ3v) is 3.58. The van der Waals surface area contributed by atoms with E-state index >= 15 is 0 Å². The van der Waals surface area contributed by atoms with Gasteiger partial charge in [0.1, 0.15) is 5.82 Å². The minimum atomic E-state index is -0.481. The largest absolute Gasteiger partial charge is 0.399 e. The summed E-state index contributed by atoms with van der Waals surface area (Å²) in [6, 6.07) is 9.76. The van der Waals surface area contributed by atoms with Crippen molar-refractivity contribution in [3.63, 3.8) is 0 Å². The summed E-state index contributed by atoms with van der Waals surface area (Å²) in [5.41, 5.74) is 7.67. The number of benzene rings is 2. The van der Waals surface area contributed by atoms with Gasteiger partial charge in [0.05, 0.1) is 11.3 Å². The Morgan fingerprint density at radius 1 is 1.24 bits per heavy atom. The Hall–Kier alpha value is -2.47. The van der Waals surface area contributed by atoms with Crippen molar-refractivity contribution in [2.45, 2.75) is 6.92 Å². The van der Waals surface area contributed by atoms with E-state index in [0.717, 1.165) is 5.56 Å². The Bertz CT molecular complexity index is 815. The van der Waals surface area contributed by atoms with Crippen molar-refractivity contribution in [3.8, 4) is 17.1 Å². The summed E-state index contributed by atoms with van der Waals surface area (Å²) in [5, 5.41) is 12.1. The number of nitrogen functional groups attached to an aromatic ring is 1. The number of anilines is 1. The van der Waals surface area contributed by atoms with E-state index in [4.69, 9.17) is 17.3 Å². The molecule has 0 unspecified atom stereocenters. The molecule has 0 aliphatic rings. The maximum atomic E-state index is 14.1. The van der Waals surface area contributed by atoms with Gasteiger partial charge in [0.2, 0.25) is 0 Å². The van der Waals surface area contributed by atoms with E-state index in [1.807, 2.05) is 13.0 Å². The molecule has 21 heavy (non-hydrogen) atoms. The van der Waals surface area contributed by atoms with Crippen LogP contribution in [0.3, 0.4) is 0 Å². The molecule has 5 nitrogen and oxygen atoms in total. The van der Waals surface area contributed by atoms with Crippen molar-refractivity contribution in [1.29, 1.82) is 0 Å². The van der Waals surface area contributed by atoms with E-state index < -0.39 is 5.82 Å². The van der Waals surface area contributed by atoms with Crippen molar-refractivity contribution in [3.05, 3.63) is 52.8 Å². The van der Waals surface area contributed by atoms with Crippen LogP contribution in [0.1, 0.15) is 5.56 Å². The SMILES string of the molecule is Cc1c(Cl)cccc1-n1nnnc1-c1ccc(N)cc1F. The van der Waals surface area contributed by atoms with Gasteiger partial charge in [-0.15, -0.1) is 5.10 Å². The van der Waals surface area contributed by atoms with Crippen molar-refractivity contribution < 1.29 is 4.39 Å². The Kier molecular flexibility index (Phi) is 3.31. The summed E-state index contributed by atoms with van der Waals surface area (Å²) in [7, 11) is 0. The third-order valence-electron chi connectivity index (χ3n) is 3.17. The molecule has 1 aromatic heterocycles. The number of nitrogens with zero attached hydrogens (tertiary/aromatic N) is 4. The maximum Gasteiger partial charge on any atom is 0.190 e. The summed E-state index contributed by atoms with van der Waals surface area (Å²) in [5.74, 6) is -0.191. The second-order valence-corrected chi connectivity index (χ2v) is 4.94. The average molecular weight is 304 g/mol. The Morgan fingerprint density at radius 2 is 2.05 bits per heavy atom. The molecule has 0 atom stereocenters. The lowest BCUT2D eigenvalue weighted by molar-refractivity contribution is 0.629. The molecule has 106 valence electrons. The van der Waals surface area contributed by atoms with Gasteiger partial charge in [-0.1, -0.05) is 17.7 Å². The highest BCUT2D eigenvalue weighted by Gasteiger charge is 2.16. The minimum absolute atomic E-state index is 0.272. The first kappa shape index (κ1) is 13.5. The average Bonchev–Trinajstić information content (AvgIpc) is 2.91. The minimum Gasteiger partial charge on any atom is -0.399 e. The fraction of sp³-hybridized carbons (Fsp3) is 0.0714. The molecule has 2 N–H and O–H groups in total. The molecule has 0 radical (unpaired) electrons. The second-order valence-electron chi connectivity index (χ2n) is 4.54. The van der Waals surface area contributed by atoms with E-state index in [0.29, 0.717) is 16.4 Å². The van der Waals surface area contributed by atoms with Crippen molar-refractivity contribution in [2.75, 3.05) is 5.73 Å². The van der Waals surface area contributed by atoms with E-state index in [9.17, 15) is 4.39 Å². The van der Waals surface area contributed by atoms with Crippen LogP contribution in [0.15, 0.2) is 36.4 Å². The lowest BCUT2D eigenvalue weighted by atomic mass is 10.1. The predicted molar refractivity (Wildman–Crippen MR) is 78.7 cm³/mol. The summed E-state index contributed by atoms with van der Waals surface area (Å²) in [4.78, 5) is 0. The van der Waals surface area contributed by atoms with Crippen LogP contribution >= 0.6 is 11.6 Å². The molecular formula is C14H11ClFN5. The molecule has 0 saturated carbocycles. The van der Waals surface area contributed by atoms with Crippen LogP contribution in [-0.4, -0.2) is 20.2 Å². The van der Waals surface area contributed by atoms with Crippen LogP contribution < -0.4 is 5.73 Å². The zero-order chi connectivity index (χ0) is 15.0. The quantitative estimate of drug-likeness (QED) is 0.739. The zero-order valence-corrected chi connectivity index (χ0v) is 11.8. The van der Waals surface area contributed by atoms with Gasteiger partial charge in [-0.3, -0.25) is 0 Å². The highest BCUT2D eigenvalue weighted by atomic mass is 35.5. The number of aromatic nitrogens is 4. The standard InChI is InChI=1S/C14H11ClFN5/c1-8-11(15)3-2-4-13(8)21-14(18-19-20-21)10-6-5-9(17)7-12(10)16/h2-7H,17H2,1H3. The highest BCUT2D eigenvalue weighted by Crippen LogP contribution is 2.27. The van der Waals surface area contributed by atoms with Crippen LogP contribution in [0.4, 0.5) is 10.1 Å². The monoisotopic (exact) mass is 303 g/mol. The van der Waals surface area contributed by atoms with E-state index in [1.165, 1.54) is 10.7 Å². The normalized spacial score (nSPS) is 10.8. The molecule has 0 bridgehead atoms. The van der Waals surface area contributed by atoms with Gasteiger partial charge in [0, 0.05) is 10.7 Å². The smallest absolute Gasteiger partial charge is 0.190 e. The number of rotatable bonds is 2. The van der Waals surface area contributed by atoms with Gasteiger partial charge in [-0.2, -0.15) is 4.68 Å². The molecule has 3 aromatic rings. The number of hydrogen-bond acceptors (Lipinski definition) is 4. The van der Waals surface area contributed by atoms with E-state index in [1.54, 1.807) is 24.3 Å². The first-order chi connectivity index (χ1) is 10.1. The topological polar surface area (TPSA) is 69.6 Å². The predicted octanol–water partition coefficient (Wildman–Crippen LogP) is 3.01. The second kappa shape index (κ2) is 5.14. The number of hydrogen-bond donors (Lipinski definition) is 1. The maximum absolute atomic E-state index is 14.1. The Labute approximate surface area is 125 Å². The molecule has 2 aromatic carbocycles. The third kappa shape index (κ3) is 2.34. The number of tetrazole rings is 1. The van der Waals surface area contributed by atoms with Gasteiger partial charge in [0.15, 0.2) is 5.82 Å². The van der Waals surface area contributed by atoms with Crippen LogP contribution in [0, 0.1) is 12.7 Å². The zero-order valence-electron chi connectivity index (χ0n) is 11.1. The molecule has 0 aliphatic heterocycles. The van der Waals surface area contributed by atoms with Gasteiger partial charge in [-0.25, -0.2) is 4.39 Å². The van der Waals surface area contributed by atoms with Gasteiger partial charge in [-0.05, 0) is 53.2 Å². The fourth-order valence-corrected chi connectivity index (χ4v) is 2.23. The lowest BCUT2D eigenvalue weighted by Gasteiger charge is -2.09. The first-order valence-electron chi connectivity index (χ1n) is 6.17. The number of nitrogens with two attached hydrogens (primary N) is 1. The van der Waals surface area contributed by atoms with Crippen molar-refractivity contribution >= 4 is 17.3 Å². The highest BCUT2D eigenvalue weighted by molar-refractivity contribution is 6.31. The molecule has 0 amide bonds. The molecule has 0 spiro atoms. The molecule has 1 heterocycles. The summed E-state index contributed by atoms with van der Waals surface area (Å²) < 4.78 is 15.5. The van der Waals surface area contributed by atoms with Crippen LogP contribution in [0.5, 0.6) is 0 Å². The van der Waals surface area contributed by atoms with Crippen LogP contribution in [-0.2, 0) is 0 Å². The molecule has 7 heteroatoms. The van der Waals surface area contributed by atoms with Crippen LogP contribution in [0.25, 0.3) is 17.1 Å². The van der Waals surface area contributed by atoms with Crippen LogP contribution in [0.2, 0.25) is 5.02 Å². The lowest BCUT2D eigenvalue weighted by Crippen LogP contribution is -2.03. The van der Waals surface area contributed by atoms with Gasteiger partial charge >= 0.3 is 0 Å². The molecule has 3 rings (SSSR count). The Balaban J connectivity index is 2.20. The summed E-state index contributed by atoms with van der Waals surface area (Å²) in [6.07, 6.45) is 0. The van der Waals surface area contributed by atoms with Crippen molar-refractivity contribution in [2.24, 2.45) is 0 Å². The molecular weight excluding hydrogens is 293 g/mol.